The van der Waals surface area contributed by atoms with Gasteiger partial charge in [0.15, 0.2) is 0 Å². The Balaban J connectivity index is 1.34. The fraction of sp³-hybridized carbons (Fsp3) is 0.476. The molecule has 2 bridgehead atoms. The van der Waals surface area contributed by atoms with Crippen LogP contribution < -0.4 is 5.32 Å². The van der Waals surface area contributed by atoms with Crippen LogP contribution in [0.5, 0.6) is 0 Å². The lowest BCUT2D eigenvalue weighted by atomic mass is 9.63. The van der Waals surface area contributed by atoms with Crippen molar-refractivity contribution in [2.45, 2.75) is 20.3 Å². The number of amides is 3. The molecule has 6 atom stereocenters. The van der Waals surface area contributed by atoms with Gasteiger partial charge in [-0.05, 0) is 61.1 Å². The molecule has 1 aliphatic heterocycles. The molecule has 1 heterocycles. The quantitative estimate of drug-likeness (QED) is 0.672. The number of carbonyl (C=O) groups is 3. The van der Waals surface area contributed by atoms with E-state index in [1.54, 1.807) is 0 Å². The molecular formula is C21H22N2O3. The highest BCUT2D eigenvalue weighted by Gasteiger charge is 2.67. The van der Waals surface area contributed by atoms with E-state index in [2.05, 4.69) is 17.5 Å². The number of carbonyl (C=O) groups excluding carboxylic acids is 3. The lowest BCUT2D eigenvalue weighted by Gasteiger charge is -2.37. The van der Waals surface area contributed by atoms with Crippen molar-refractivity contribution in [2.24, 2.45) is 35.5 Å². The Hall–Kier alpha value is -2.43. The number of hydrogen-bond acceptors (Lipinski definition) is 3. The predicted molar refractivity (Wildman–Crippen MR) is 96.0 cm³/mol. The second-order valence-electron chi connectivity index (χ2n) is 8.21. The molecule has 1 aromatic rings. The maximum Gasteiger partial charge on any atom is 0.244 e. The second kappa shape index (κ2) is 5.29. The first-order valence-corrected chi connectivity index (χ1v) is 9.37. The first-order chi connectivity index (χ1) is 12.5. The zero-order valence-corrected chi connectivity index (χ0v) is 14.9. The minimum absolute atomic E-state index is 0.152. The Morgan fingerprint density at radius 3 is 2.31 bits per heavy atom. The average molecular weight is 350 g/mol. The van der Waals surface area contributed by atoms with Crippen LogP contribution in [0.4, 0.5) is 5.69 Å². The third kappa shape index (κ3) is 2.06. The second-order valence-corrected chi connectivity index (χ2v) is 8.21. The summed E-state index contributed by atoms with van der Waals surface area (Å²) in [7, 11) is 0. The van der Waals surface area contributed by atoms with Gasteiger partial charge in [0, 0.05) is 5.69 Å². The van der Waals surface area contributed by atoms with Crippen molar-refractivity contribution >= 4 is 23.4 Å². The van der Waals surface area contributed by atoms with Gasteiger partial charge in [0.1, 0.15) is 6.54 Å². The molecule has 5 nitrogen and oxygen atoms in total. The van der Waals surface area contributed by atoms with Crippen LogP contribution in [0.15, 0.2) is 30.4 Å². The molecule has 1 aromatic carbocycles. The molecule has 5 heteroatoms. The summed E-state index contributed by atoms with van der Waals surface area (Å²) >= 11 is 0. The van der Waals surface area contributed by atoms with Gasteiger partial charge in [-0.25, -0.2) is 0 Å². The van der Waals surface area contributed by atoms with E-state index in [0.717, 1.165) is 23.2 Å². The smallest absolute Gasteiger partial charge is 0.244 e. The van der Waals surface area contributed by atoms with E-state index in [-0.39, 0.29) is 47.9 Å². The van der Waals surface area contributed by atoms with E-state index in [0.29, 0.717) is 11.8 Å². The lowest BCUT2D eigenvalue weighted by molar-refractivity contribution is -0.142. The Kier molecular flexibility index (Phi) is 3.21. The van der Waals surface area contributed by atoms with Crippen molar-refractivity contribution in [3.05, 3.63) is 41.5 Å². The zero-order valence-electron chi connectivity index (χ0n) is 14.9. The number of nitrogens with one attached hydrogen (secondary N) is 1. The molecule has 26 heavy (non-hydrogen) atoms. The van der Waals surface area contributed by atoms with Crippen LogP contribution in [0.3, 0.4) is 0 Å². The van der Waals surface area contributed by atoms with Crippen LogP contribution in [-0.2, 0) is 14.4 Å². The molecule has 0 unspecified atom stereocenters. The van der Waals surface area contributed by atoms with E-state index in [4.69, 9.17) is 0 Å². The molecule has 4 aliphatic carbocycles. The summed E-state index contributed by atoms with van der Waals surface area (Å²) in [5, 5.41) is 2.86. The number of aryl methyl sites for hydroxylation is 1. The fourth-order valence-corrected chi connectivity index (χ4v) is 5.39. The van der Waals surface area contributed by atoms with Gasteiger partial charge in [-0.2, -0.15) is 0 Å². The molecule has 134 valence electrons. The Morgan fingerprint density at radius 1 is 1.08 bits per heavy atom. The maximum absolute atomic E-state index is 12.9. The molecule has 2 saturated carbocycles. The monoisotopic (exact) mass is 350 g/mol. The van der Waals surface area contributed by atoms with Gasteiger partial charge in [0.2, 0.25) is 17.7 Å². The third-order valence-electron chi connectivity index (χ3n) is 6.93. The minimum atomic E-state index is -0.315. The highest BCUT2D eigenvalue weighted by Crippen LogP contribution is 2.65. The van der Waals surface area contributed by atoms with Gasteiger partial charge < -0.3 is 5.32 Å². The number of benzene rings is 1. The third-order valence-corrected chi connectivity index (χ3v) is 6.93. The number of hydrogen-bond donors (Lipinski definition) is 1. The number of rotatable bonds is 3. The first kappa shape index (κ1) is 15.8. The topological polar surface area (TPSA) is 66.5 Å². The SMILES string of the molecule is Cc1cccc(NC(=O)CN2C(=O)[C@@H]3[C@H]4C=C[C@@H]([C@@H]5C[C@H]45)[C@H]3C2=O)c1C. The van der Waals surface area contributed by atoms with Crippen LogP contribution >= 0.6 is 0 Å². The van der Waals surface area contributed by atoms with Crippen molar-refractivity contribution < 1.29 is 14.4 Å². The van der Waals surface area contributed by atoms with Gasteiger partial charge in [-0.1, -0.05) is 24.3 Å². The molecule has 1 N–H and O–H groups in total. The molecule has 0 aromatic heterocycles. The van der Waals surface area contributed by atoms with Crippen LogP contribution in [0.2, 0.25) is 0 Å². The van der Waals surface area contributed by atoms with Crippen molar-refractivity contribution in [1.82, 2.24) is 4.90 Å². The van der Waals surface area contributed by atoms with Gasteiger partial charge in [0.25, 0.3) is 0 Å². The predicted octanol–water partition coefficient (Wildman–Crippen LogP) is 2.30. The molecule has 1 saturated heterocycles. The van der Waals surface area contributed by atoms with Gasteiger partial charge in [-0.3, -0.25) is 19.3 Å². The fourth-order valence-electron chi connectivity index (χ4n) is 5.39. The van der Waals surface area contributed by atoms with Crippen LogP contribution in [-0.4, -0.2) is 29.2 Å². The highest BCUT2D eigenvalue weighted by atomic mass is 16.2. The zero-order chi connectivity index (χ0) is 18.2. The number of allylic oxidation sites excluding steroid dienone is 2. The first-order valence-electron chi connectivity index (χ1n) is 9.37. The van der Waals surface area contributed by atoms with Gasteiger partial charge in [0.05, 0.1) is 11.8 Å². The van der Waals surface area contributed by atoms with Crippen molar-refractivity contribution in [3.63, 3.8) is 0 Å². The Morgan fingerprint density at radius 2 is 1.69 bits per heavy atom. The number of imide groups is 1. The molecule has 6 rings (SSSR count). The van der Waals surface area contributed by atoms with Gasteiger partial charge >= 0.3 is 0 Å². The average Bonchev–Trinajstić information content (AvgIpc) is 3.40. The normalized spacial score (nSPS) is 36.2. The maximum atomic E-state index is 12.9. The number of anilines is 1. The van der Waals surface area contributed by atoms with Crippen LogP contribution in [0.1, 0.15) is 17.5 Å². The highest BCUT2D eigenvalue weighted by molar-refractivity contribution is 6.09. The summed E-state index contributed by atoms with van der Waals surface area (Å²) in [4.78, 5) is 39.5. The summed E-state index contributed by atoms with van der Waals surface area (Å²) in [5.41, 5.74) is 2.81. The summed E-state index contributed by atoms with van der Waals surface area (Å²) in [6.45, 7) is 3.74. The van der Waals surface area contributed by atoms with E-state index in [1.165, 1.54) is 4.90 Å². The largest absolute Gasteiger partial charge is 0.324 e. The summed E-state index contributed by atoms with van der Waals surface area (Å²) in [6.07, 6.45) is 5.43. The van der Waals surface area contributed by atoms with E-state index in [9.17, 15) is 14.4 Å². The van der Waals surface area contributed by atoms with Crippen molar-refractivity contribution in [2.75, 3.05) is 11.9 Å². The summed E-state index contributed by atoms with van der Waals surface area (Å²) in [5.74, 6) is 0.436. The summed E-state index contributed by atoms with van der Waals surface area (Å²) < 4.78 is 0. The van der Waals surface area contributed by atoms with Crippen LogP contribution in [0, 0.1) is 49.4 Å². The lowest BCUT2D eigenvalue weighted by Crippen LogP contribution is -2.40. The van der Waals surface area contributed by atoms with E-state index in [1.807, 2.05) is 32.0 Å². The standard InChI is InChI=1S/C21H22N2O3/c1-10-4-3-5-16(11(10)2)22-17(24)9-23-20(25)18-12-6-7-13(15-8-14(12)15)19(18)21(23)26/h3-7,12-15,18-19H,8-9H2,1-2H3,(H,22,24)/t12-,13-,14-,15+,18+,19+/m0/s1. The minimum Gasteiger partial charge on any atom is -0.324 e. The Bertz CT molecular complexity index is 838. The van der Waals surface area contributed by atoms with Gasteiger partial charge in [-0.15, -0.1) is 0 Å². The van der Waals surface area contributed by atoms with Crippen LogP contribution in [0.25, 0.3) is 0 Å². The Labute approximate surface area is 152 Å². The molecular weight excluding hydrogens is 328 g/mol. The van der Waals surface area contributed by atoms with E-state index >= 15 is 0 Å². The number of likely N-dealkylation sites (tertiary alicyclic amines) is 1. The summed E-state index contributed by atoms with van der Waals surface area (Å²) in [6, 6.07) is 5.71. The van der Waals surface area contributed by atoms with Crippen molar-refractivity contribution in [1.29, 1.82) is 0 Å². The molecule has 0 spiro atoms. The number of nitrogens with zero attached hydrogens (tertiary/aromatic N) is 1. The van der Waals surface area contributed by atoms with E-state index < -0.39 is 0 Å². The molecule has 3 amide bonds. The molecule has 0 radical (unpaired) electrons. The van der Waals surface area contributed by atoms with Crippen molar-refractivity contribution in [3.8, 4) is 0 Å². The molecule has 3 fully saturated rings. The molecule has 5 aliphatic rings.